The third-order valence-corrected chi connectivity index (χ3v) is 3.32. The smallest absolute Gasteiger partial charge is 0.147 e. The van der Waals surface area contributed by atoms with Gasteiger partial charge in [0.05, 0.1) is 16.3 Å². The van der Waals surface area contributed by atoms with Gasteiger partial charge in [0.15, 0.2) is 0 Å². The molecule has 20 heavy (non-hydrogen) atoms. The maximum absolute atomic E-state index is 6.17. The van der Waals surface area contributed by atoms with Crippen LogP contribution < -0.4 is 10.6 Å². The Labute approximate surface area is 128 Å². The van der Waals surface area contributed by atoms with Gasteiger partial charge in [-0.05, 0) is 32.0 Å². The van der Waals surface area contributed by atoms with Gasteiger partial charge in [-0.15, -0.1) is 0 Å². The number of aromatic nitrogens is 1. The van der Waals surface area contributed by atoms with Crippen molar-refractivity contribution in [3.63, 3.8) is 0 Å². The molecule has 4 nitrogen and oxygen atoms in total. The highest BCUT2D eigenvalue weighted by atomic mass is 35.5. The fourth-order valence-electron chi connectivity index (χ4n) is 1.87. The fraction of sp³-hybridized carbons (Fsp3) is 0.357. The van der Waals surface area contributed by atoms with Crippen molar-refractivity contribution in [3.05, 3.63) is 40.3 Å². The monoisotopic (exact) mass is 313 g/mol. The van der Waals surface area contributed by atoms with Gasteiger partial charge in [-0.2, -0.15) is 0 Å². The Morgan fingerprint density at radius 2 is 2.05 bits per heavy atom. The molecule has 0 aliphatic heterocycles. The molecule has 108 valence electrons. The summed E-state index contributed by atoms with van der Waals surface area (Å²) in [7, 11) is 0. The van der Waals surface area contributed by atoms with E-state index in [1.54, 1.807) is 12.3 Å². The van der Waals surface area contributed by atoms with Crippen LogP contribution in [0.5, 0.6) is 0 Å². The summed E-state index contributed by atoms with van der Waals surface area (Å²) >= 11 is 12.2. The lowest BCUT2D eigenvalue weighted by molar-refractivity contribution is 0.497. The Kier molecular flexibility index (Phi) is 5.15. The molecule has 1 unspecified atom stereocenters. The molecule has 0 bridgehead atoms. The van der Waals surface area contributed by atoms with Crippen LogP contribution >= 0.6 is 23.2 Å². The van der Waals surface area contributed by atoms with Gasteiger partial charge in [-0.25, -0.2) is 4.98 Å². The SMILES string of the molecule is CCNc1nc(NC(C)Cc2ccco2)c(Cl)cc1Cl. The Hall–Kier alpha value is -1.39. The van der Waals surface area contributed by atoms with Gasteiger partial charge < -0.3 is 15.1 Å². The summed E-state index contributed by atoms with van der Waals surface area (Å²) in [5.41, 5.74) is 0. The molecule has 0 aliphatic rings. The lowest BCUT2D eigenvalue weighted by Gasteiger charge is -2.16. The van der Waals surface area contributed by atoms with Gasteiger partial charge in [0.25, 0.3) is 0 Å². The number of rotatable bonds is 6. The Bertz CT molecular complexity index is 558. The van der Waals surface area contributed by atoms with Crippen LogP contribution in [0.25, 0.3) is 0 Å². The summed E-state index contributed by atoms with van der Waals surface area (Å²) in [5.74, 6) is 2.17. The molecule has 1 atom stereocenters. The minimum Gasteiger partial charge on any atom is -0.469 e. The molecular weight excluding hydrogens is 297 g/mol. The molecule has 2 heterocycles. The van der Waals surface area contributed by atoms with E-state index in [-0.39, 0.29) is 6.04 Å². The second-order valence-electron chi connectivity index (χ2n) is 4.51. The highest BCUT2D eigenvalue weighted by molar-refractivity contribution is 6.37. The van der Waals surface area contributed by atoms with E-state index in [0.29, 0.717) is 21.7 Å². The number of halogens is 2. The minimum atomic E-state index is 0.141. The molecule has 0 radical (unpaired) electrons. The van der Waals surface area contributed by atoms with Crippen molar-refractivity contribution < 1.29 is 4.42 Å². The largest absolute Gasteiger partial charge is 0.469 e. The topological polar surface area (TPSA) is 50.1 Å². The third kappa shape index (κ3) is 3.81. The van der Waals surface area contributed by atoms with E-state index < -0.39 is 0 Å². The van der Waals surface area contributed by atoms with Gasteiger partial charge in [-0.1, -0.05) is 23.2 Å². The zero-order valence-corrected chi connectivity index (χ0v) is 12.9. The van der Waals surface area contributed by atoms with E-state index >= 15 is 0 Å². The number of hydrogen-bond acceptors (Lipinski definition) is 4. The van der Waals surface area contributed by atoms with Crippen LogP contribution in [0.1, 0.15) is 19.6 Å². The maximum Gasteiger partial charge on any atom is 0.147 e. The van der Waals surface area contributed by atoms with E-state index in [9.17, 15) is 0 Å². The van der Waals surface area contributed by atoms with Crippen molar-refractivity contribution in [2.75, 3.05) is 17.2 Å². The molecule has 2 N–H and O–H groups in total. The molecule has 0 saturated heterocycles. The predicted octanol–water partition coefficient (Wildman–Crippen LogP) is 4.46. The molecule has 0 saturated carbocycles. The standard InChI is InChI=1S/C14H17Cl2N3O/c1-3-17-13-11(15)8-12(16)14(19-13)18-9(2)7-10-5-4-6-20-10/h4-6,8-9H,3,7H2,1-2H3,(H2,17,18,19). The maximum atomic E-state index is 6.17. The third-order valence-electron chi connectivity index (χ3n) is 2.74. The van der Waals surface area contributed by atoms with Crippen LogP contribution in [0, 0.1) is 0 Å². The molecule has 2 rings (SSSR count). The fourth-order valence-corrected chi connectivity index (χ4v) is 2.35. The van der Waals surface area contributed by atoms with Gasteiger partial charge in [0.2, 0.25) is 0 Å². The summed E-state index contributed by atoms with van der Waals surface area (Å²) in [6.45, 7) is 4.77. The van der Waals surface area contributed by atoms with Crippen molar-refractivity contribution in [3.8, 4) is 0 Å². The molecule has 0 aromatic carbocycles. The molecule has 0 aliphatic carbocycles. The van der Waals surface area contributed by atoms with Crippen molar-refractivity contribution in [2.24, 2.45) is 0 Å². The molecular formula is C14H17Cl2N3O. The zero-order chi connectivity index (χ0) is 14.5. The van der Waals surface area contributed by atoms with Crippen molar-refractivity contribution >= 4 is 34.8 Å². The molecule has 2 aromatic rings. The van der Waals surface area contributed by atoms with Gasteiger partial charge in [0, 0.05) is 19.0 Å². The molecule has 2 aromatic heterocycles. The normalized spacial score (nSPS) is 12.2. The first-order chi connectivity index (χ1) is 9.60. The number of nitrogens with zero attached hydrogens (tertiary/aromatic N) is 1. The Morgan fingerprint density at radius 3 is 2.70 bits per heavy atom. The van der Waals surface area contributed by atoms with E-state index in [2.05, 4.69) is 15.6 Å². The first kappa shape index (κ1) is 15.0. The highest BCUT2D eigenvalue weighted by Crippen LogP contribution is 2.29. The molecule has 0 fully saturated rings. The lowest BCUT2D eigenvalue weighted by Crippen LogP contribution is -2.19. The summed E-state index contributed by atoms with van der Waals surface area (Å²) in [6.07, 6.45) is 2.42. The highest BCUT2D eigenvalue weighted by Gasteiger charge is 2.12. The second kappa shape index (κ2) is 6.86. The van der Waals surface area contributed by atoms with E-state index in [1.165, 1.54) is 0 Å². The zero-order valence-electron chi connectivity index (χ0n) is 11.4. The van der Waals surface area contributed by atoms with E-state index in [1.807, 2.05) is 26.0 Å². The van der Waals surface area contributed by atoms with Gasteiger partial charge in [-0.3, -0.25) is 0 Å². The van der Waals surface area contributed by atoms with E-state index in [4.69, 9.17) is 27.6 Å². The van der Waals surface area contributed by atoms with Crippen molar-refractivity contribution in [2.45, 2.75) is 26.3 Å². The minimum absolute atomic E-state index is 0.141. The Morgan fingerprint density at radius 1 is 1.30 bits per heavy atom. The van der Waals surface area contributed by atoms with Crippen LogP contribution in [0.4, 0.5) is 11.6 Å². The van der Waals surface area contributed by atoms with Gasteiger partial charge >= 0.3 is 0 Å². The summed E-state index contributed by atoms with van der Waals surface area (Å²) in [6, 6.07) is 5.65. The summed E-state index contributed by atoms with van der Waals surface area (Å²) in [5, 5.41) is 7.39. The summed E-state index contributed by atoms with van der Waals surface area (Å²) < 4.78 is 5.33. The first-order valence-corrected chi connectivity index (χ1v) is 7.24. The number of hydrogen-bond donors (Lipinski definition) is 2. The molecule has 6 heteroatoms. The number of pyridine rings is 1. The molecule has 0 spiro atoms. The van der Waals surface area contributed by atoms with Crippen LogP contribution in [0.3, 0.4) is 0 Å². The van der Waals surface area contributed by atoms with Crippen LogP contribution in [0.15, 0.2) is 28.9 Å². The van der Waals surface area contributed by atoms with Crippen LogP contribution in [-0.2, 0) is 6.42 Å². The number of nitrogens with one attached hydrogen (secondary N) is 2. The average Bonchev–Trinajstić information content (AvgIpc) is 2.88. The molecule has 0 amide bonds. The van der Waals surface area contributed by atoms with Crippen molar-refractivity contribution in [1.82, 2.24) is 4.98 Å². The quantitative estimate of drug-likeness (QED) is 0.827. The van der Waals surface area contributed by atoms with Gasteiger partial charge in [0.1, 0.15) is 17.4 Å². The van der Waals surface area contributed by atoms with Crippen molar-refractivity contribution in [1.29, 1.82) is 0 Å². The number of anilines is 2. The summed E-state index contributed by atoms with van der Waals surface area (Å²) in [4.78, 5) is 4.41. The number of furan rings is 1. The average molecular weight is 314 g/mol. The Balaban J connectivity index is 2.09. The van der Waals surface area contributed by atoms with Crippen LogP contribution in [-0.4, -0.2) is 17.6 Å². The van der Waals surface area contributed by atoms with Crippen LogP contribution in [0.2, 0.25) is 10.0 Å². The van der Waals surface area contributed by atoms with E-state index in [0.717, 1.165) is 18.7 Å². The second-order valence-corrected chi connectivity index (χ2v) is 5.32. The predicted molar refractivity (Wildman–Crippen MR) is 83.9 cm³/mol. The lowest BCUT2D eigenvalue weighted by atomic mass is 10.2. The first-order valence-electron chi connectivity index (χ1n) is 6.49.